The van der Waals surface area contributed by atoms with Crippen molar-refractivity contribution < 1.29 is 19.4 Å². The topological polar surface area (TPSA) is 78.9 Å². The van der Waals surface area contributed by atoms with Gasteiger partial charge in [0, 0.05) is 25.9 Å². The van der Waals surface area contributed by atoms with Crippen molar-refractivity contribution in [2.24, 2.45) is 0 Å². The number of benzene rings is 1. The number of aromatic carboxylic acids is 1. The minimum Gasteiger partial charge on any atom is -0.478 e. The second-order valence-electron chi connectivity index (χ2n) is 4.41. The van der Waals surface area contributed by atoms with E-state index < -0.39 is 5.97 Å². The summed E-state index contributed by atoms with van der Waals surface area (Å²) in [5.41, 5.74) is 0.625. The average molecular weight is 264 g/mol. The first-order valence-electron chi connectivity index (χ1n) is 6.02. The molecular formula is C13H16N2O4. The molecule has 2 amide bonds. The number of carbonyl (C=O) groups is 2. The first-order chi connectivity index (χ1) is 9.10. The maximum absolute atomic E-state index is 12.0. The van der Waals surface area contributed by atoms with Gasteiger partial charge in [-0.1, -0.05) is 6.07 Å². The molecule has 1 aliphatic rings. The lowest BCUT2D eigenvalue weighted by Crippen LogP contribution is -2.33. The number of amides is 2. The largest absolute Gasteiger partial charge is 0.478 e. The number of hydrogen-bond donors (Lipinski definition) is 2. The zero-order valence-electron chi connectivity index (χ0n) is 10.6. The van der Waals surface area contributed by atoms with Crippen molar-refractivity contribution in [3.63, 3.8) is 0 Å². The van der Waals surface area contributed by atoms with Crippen LogP contribution in [0.4, 0.5) is 10.5 Å². The normalized spacial score (nSPS) is 18.4. The summed E-state index contributed by atoms with van der Waals surface area (Å²) in [7, 11) is 1.63. The van der Waals surface area contributed by atoms with Crippen molar-refractivity contribution in [1.29, 1.82) is 0 Å². The van der Waals surface area contributed by atoms with Crippen molar-refractivity contribution in [3.8, 4) is 0 Å². The summed E-state index contributed by atoms with van der Waals surface area (Å²) < 4.78 is 5.19. The fourth-order valence-electron chi connectivity index (χ4n) is 2.04. The molecule has 19 heavy (non-hydrogen) atoms. The molecule has 1 heterocycles. The van der Waals surface area contributed by atoms with Crippen molar-refractivity contribution in [2.45, 2.75) is 12.5 Å². The number of methoxy groups -OCH3 is 1. The van der Waals surface area contributed by atoms with Crippen LogP contribution >= 0.6 is 0 Å². The monoisotopic (exact) mass is 264 g/mol. The number of hydrogen-bond acceptors (Lipinski definition) is 3. The van der Waals surface area contributed by atoms with Gasteiger partial charge in [-0.3, -0.25) is 0 Å². The summed E-state index contributed by atoms with van der Waals surface area (Å²) in [6, 6.07) is 5.94. The molecule has 6 heteroatoms. The number of carboxylic acid groups (broad SMARTS) is 1. The number of rotatable bonds is 3. The van der Waals surface area contributed by atoms with E-state index in [0.717, 1.165) is 6.42 Å². The summed E-state index contributed by atoms with van der Waals surface area (Å²) in [5.74, 6) is -1.02. The number of carbonyl (C=O) groups excluding carboxylic acids is 1. The Bertz CT molecular complexity index is 489. The van der Waals surface area contributed by atoms with Crippen LogP contribution in [0.2, 0.25) is 0 Å². The Hall–Kier alpha value is -2.08. The molecule has 0 aliphatic carbocycles. The van der Waals surface area contributed by atoms with E-state index in [1.165, 1.54) is 12.1 Å². The Labute approximate surface area is 111 Å². The summed E-state index contributed by atoms with van der Waals surface area (Å²) in [6.45, 7) is 1.20. The van der Waals surface area contributed by atoms with Gasteiger partial charge in [0.1, 0.15) is 0 Å². The molecule has 1 fully saturated rings. The number of nitrogens with one attached hydrogen (secondary N) is 1. The van der Waals surface area contributed by atoms with Crippen LogP contribution in [0.3, 0.4) is 0 Å². The van der Waals surface area contributed by atoms with Gasteiger partial charge in [-0.25, -0.2) is 9.59 Å². The van der Waals surface area contributed by atoms with Crippen LogP contribution < -0.4 is 5.32 Å². The Kier molecular flexibility index (Phi) is 4.01. The minimum atomic E-state index is -1.02. The fraction of sp³-hybridized carbons (Fsp3) is 0.385. The molecule has 102 valence electrons. The van der Waals surface area contributed by atoms with E-state index >= 15 is 0 Å². The summed E-state index contributed by atoms with van der Waals surface area (Å²) in [6.07, 6.45) is 0.898. The van der Waals surface area contributed by atoms with Crippen LogP contribution in [0, 0.1) is 0 Å². The molecule has 1 unspecified atom stereocenters. The van der Waals surface area contributed by atoms with Gasteiger partial charge in [-0.05, 0) is 24.6 Å². The third-order valence-corrected chi connectivity index (χ3v) is 3.13. The number of likely N-dealkylation sites (tertiary alicyclic amines) is 1. The molecule has 1 aromatic rings. The molecule has 1 saturated heterocycles. The molecular weight excluding hydrogens is 248 g/mol. The maximum atomic E-state index is 12.0. The van der Waals surface area contributed by atoms with Gasteiger partial charge >= 0.3 is 12.0 Å². The number of urea groups is 1. The predicted octanol–water partition coefficient (Wildman–Crippen LogP) is 1.64. The second kappa shape index (κ2) is 5.71. The van der Waals surface area contributed by atoms with Crippen molar-refractivity contribution in [3.05, 3.63) is 29.8 Å². The van der Waals surface area contributed by atoms with Gasteiger partial charge < -0.3 is 20.1 Å². The van der Waals surface area contributed by atoms with E-state index in [4.69, 9.17) is 9.84 Å². The predicted molar refractivity (Wildman–Crippen MR) is 69.4 cm³/mol. The summed E-state index contributed by atoms with van der Waals surface area (Å²) in [5, 5.41) is 11.6. The van der Waals surface area contributed by atoms with Gasteiger partial charge in [0.05, 0.1) is 11.7 Å². The van der Waals surface area contributed by atoms with Crippen molar-refractivity contribution in [1.82, 2.24) is 4.90 Å². The number of carboxylic acids is 1. The SMILES string of the molecule is COC1CCN(C(=O)Nc2cccc(C(=O)O)c2)C1. The average Bonchev–Trinajstić information content (AvgIpc) is 2.88. The van der Waals surface area contributed by atoms with E-state index in [-0.39, 0.29) is 17.7 Å². The number of ether oxygens (including phenoxy) is 1. The van der Waals surface area contributed by atoms with Crippen molar-refractivity contribution >= 4 is 17.7 Å². The smallest absolute Gasteiger partial charge is 0.335 e. The van der Waals surface area contributed by atoms with Crippen LogP contribution in [0.15, 0.2) is 24.3 Å². The number of anilines is 1. The lowest BCUT2D eigenvalue weighted by atomic mass is 10.2. The Morgan fingerprint density at radius 3 is 2.89 bits per heavy atom. The highest BCUT2D eigenvalue weighted by atomic mass is 16.5. The van der Waals surface area contributed by atoms with E-state index in [1.54, 1.807) is 24.1 Å². The van der Waals surface area contributed by atoms with E-state index in [9.17, 15) is 9.59 Å². The number of nitrogens with zero attached hydrogens (tertiary/aromatic N) is 1. The molecule has 6 nitrogen and oxygen atoms in total. The first-order valence-corrected chi connectivity index (χ1v) is 6.02. The maximum Gasteiger partial charge on any atom is 0.335 e. The molecule has 1 aliphatic heterocycles. The molecule has 2 rings (SSSR count). The summed E-state index contributed by atoms with van der Waals surface area (Å²) >= 11 is 0. The molecule has 2 N–H and O–H groups in total. The molecule has 0 bridgehead atoms. The molecule has 0 radical (unpaired) electrons. The van der Waals surface area contributed by atoms with Crippen molar-refractivity contribution in [2.75, 3.05) is 25.5 Å². The fourth-order valence-corrected chi connectivity index (χ4v) is 2.04. The van der Waals surface area contributed by atoms with Gasteiger partial charge in [0.2, 0.25) is 0 Å². The summed E-state index contributed by atoms with van der Waals surface area (Å²) in [4.78, 5) is 24.5. The highest BCUT2D eigenvalue weighted by molar-refractivity contribution is 5.93. The minimum absolute atomic E-state index is 0.0797. The second-order valence-corrected chi connectivity index (χ2v) is 4.41. The van der Waals surface area contributed by atoms with E-state index in [2.05, 4.69) is 5.32 Å². The standard InChI is InChI=1S/C13H16N2O4/c1-19-11-5-6-15(8-11)13(18)14-10-4-2-3-9(7-10)12(16)17/h2-4,7,11H,5-6,8H2,1H3,(H,14,18)(H,16,17). The lowest BCUT2D eigenvalue weighted by Gasteiger charge is -2.17. The highest BCUT2D eigenvalue weighted by Crippen LogP contribution is 2.15. The zero-order valence-corrected chi connectivity index (χ0v) is 10.6. The van der Waals surface area contributed by atoms with Crippen LogP contribution in [-0.2, 0) is 4.74 Å². The lowest BCUT2D eigenvalue weighted by molar-refractivity contribution is 0.0697. The molecule has 1 aromatic carbocycles. The van der Waals surface area contributed by atoms with Gasteiger partial charge in [0.15, 0.2) is 0 Å². The Morgan fingerprint density at radius 1 is 1.47 bits per heavy atom. The highest BCUT2D eigenvalue weighted by Gasteiger charge is 2.25. The van der Waals surface area contributed by atoms with Gasteiger partial charge in [-0.15, -0.1) is 0 Å². The third-order valence-electron chi connectivity index (χ3n) is 3.13. The molecule has 0 spiro atoms. The first kappa shape index (κ1) is 13.4. The van der Waals surface area contributed by atoms with Gasteiger partial charge in [0.25, 0.3) is 0 Å². The van der Waals surface area contributed by atoms with Crippen LogP contribution in [0.1, 0.15) is 16.8 Å². The van der Waals surface area contributed by atoms with Gasteiger partial charge in [-0.2, -0.15) is 0 Å². The molecule has 0 aromatic heterocycles. The third kappa shape index (κ3) is 3.23. The quantitative estimate of drug-likeness (QED) is 0.869. The molecule has 0 saturated carbocycles. The molecule has 1 atom stereocenters. The van der Waals surface area contributed by atoms with E-state index in [0.29, 0.717) is 18.8 Å². The Morgan fingerprint density at radius 2 is 2.26 bits per heavy atom. The van der Waals surface area contributed by atoms with Crippen LogP contribution in [-0.4, -0.2) is 48.3 Å². The van der Waals surface area contributed by atoms with E-state index in [1.807, 2.05) is 0 Å². The Balaban J connectivity index is 1.99. The zero-order chi connectivity index (χ0) is 13.8. The van der Waals surface area contributed by atoms with Crippen LogP contribution in [0.5, 0.6) is 0 Å². The van der Waals surface area contributed by atoms with Crippen LogP contribution in [0.25, 0.3) is 0 Å².